The molecule has 0 radical (unpaired) electrons. The third-order valence-electron chi connectivity index (χ3n) is 2.57. The number of rotatable bonds is 5. The zero-order chi connectivity index (χ0) is 13.7. The van der Waals surface area contributed by atoms with Gasteiger partial charge >= 0.3 is 5.97 Å². The molecule has 0 aliphatic carbocycles. The lowest BCUT2D eigenvalue weighted by Gasteiger charge is -2.04. The highest BCUT2D eigenvalue weighted by atomic mass is 35.5. The molecular formula is C15H13ClO2S. The first-order chi connectivity index (χ1) is 9.17. The molecule has 1 N–H and O–H groups in total. The number of carboxylic acid groups (broad SMARTS) is 1. The summed E-state index contributed by atoms with van der Waals surface area (Å²) in [6, 6.07) is 15.6. The largest absolute Gasteiger partial charge is 0.481 e. The molecule has 2 nitrogen and oxygen atoms in total. The normalized spacial score (nSPS) is 10.4. The number of aliphatic carboxylic acids is 1. The Bertz CT molecular complexity index is 567. The van der Waals surface area contributed by atoms with Gasteiger partial charge in [0.05, 0.1) is 6.42 Å². The fourth-order valence-electron chi connectivity index (χ4n) is 1.68. The number of carbonyl (C=O) groups is 1. The second-order valence-electron chi connectivity index (χ2n) is 4.10. The van der Waals surface area contributed by atoms with Gasteiger partial charge in [0.15, 0.2) is 0 Å². The third kappa shape index (κ3) is 4.30. The second-order valence-corrected chi connectivity index (χ2v) is 5.51. The number of hydrogen-bond acceptors (Lipinski definition) is 2. The van der Waals surface area contributed by atoms with E-state index < -0.39 is 5.97 Å². The molecule has 0 aliphatic heterocycles. The molecule has 0 bridgehead atoms. The minimum atomic E-state index is -0.811. The van der Waals surface area contributed by atoms with E-state index in [2.05, 4.69) is 0 Å². The van der Waals surface area contributed by atoms with E-state index in [1.165, 1.54) is 0 Å². The molecule has 0 aliphatic rings. The fraction of sp³-hybridized carbons (Fsp3) is 0.133. The van der Waals surface area contributed by atoms with Crippen LogP contribution in [-0.2, 0) is 17.1 Å². The van der Waals surface area contributed by atoms with Gasteiger partial charge < -0.3 is 5.11 Å². The summed E-state index contributed by atoms with van der Waals surface area (Å²) >= 11 is 7.36. The molecule has 19 heavy (non-hydrogen) atoms. The van der Waals surface area contributed by atoms with Crippen molar-refractivity contribution in [2.24, 2.45) is 0 Å². The van der Waals surface area contributed by atoms with Crippen LogP contribution in [0.15, 0.2) is 58.3 Å². The SMILES string of the molecule is O=C(O)Cc1cccc(Sc2ccc(CCl)cc2)c1. The molecule has 4 heteroatoms. The van der Waals surface area contributed by atoms with Gasteiger partial charge in [-0.3, -0.25) is 4.79 Å². The van der Waals surface area contributed by atoms with Gasteiger partial charge in [-0.1, -0.05) is 36.0 Å². The first kappa shape index (κ1) is 14.0. The van der Waals surface area contributed by atoms with Crippen LogP contribution in [0.5, 0.6) is 0 Å². The Morgan fingerprint density at radius 1 is 1.05 bits per heavy atom. The second kappa shape index (κ2) is 6.64. The van der Waals surface area contributed by atoms with Crippen LogP contribution in [0.3, 0.4) is 0 Å². The summed E-state index contributed by atoms with van der Waals surface area (Å²) in [7, 11) is 0. The molecule has 0 heterocycles. The number of alkyl halides is 1. The molecule has 98 valence electrons. The van der Waals surface area contributed by atoms with Crippen molar-refractivity contribution in [3.8, 4) is 0 Å². The molecule has 0 atom stereocenters. The Hall–Kier alpha value is -1.45. The standard InChI is InChI=1S/C15H13ClO2S/c16-10-11-4-6-13(7-5-11)19-14-3-1-2-12(8-14)9-15(17)18/h1-8H,9-10H2,(H,17,18). The van der Waals surface area contributed by atoms with Gasteiger partial charge in [0.25, 0.3) is 0 Å². The number of carboxylic acids is 1. The van der Waals surface area contributed by atoms with Crippen LogP contribution >= 0.6 is 23.4 Å². The predicted octanol–water partition coefficient (Wildman–Crippen LogP) is 4.20. The summed E-state index contributed by atoms with van der Waals surface area (Å²) in [6.45, 7) is 0. The molecule has 0 spiro atoms. The van der Waals surface area contributed by atoms with Gasteiger partial charge in [0.2, 0.25) is 0 Å². The van der Waals surface area contributed by atoms with Crippen molar-refractivity contribution >= 4 is 29.3 Å². The zero-order valence-electron chi connectivity index (χ0n) is 10.2. The predicted molar refractivity (Wildman–Crippen MR) is 77.9 cm³/mol. The first-order valence-corrected chi connectivity index (χ1v) is 7.16. The molecule has 0 unspecified atom stereocenters. The fourth-order valence-corrected chi connectivity index (χ4v) is 2.76. The highest BCUT2D eigenvalue weighted by molar-refractivity contribution is 7.99. The van der Waals surface area contributed by atoms with Crippen LogP contribution in [-0.4, -0.2) is 11.1 Å². The molecule has 2 aromatic carbocycles. The van der Waals surface area contributed by atoms with Gasteiger partial charge in [-0.25, -0.2) is 0 Å². The van der Waals surface area contributed by atoms with Crippen LogP contribution in [0.25, 0.3) is 0 Å². The minimum absolute atomic E-state index is 0.0551. The summed E-state index contributed by atoms with van der Waals surface area (Å²) in [5, 5.41) is 8.79. The van der Waals surface area contributed by atoms with Gasteiger partial charge in [0.1, 0.15) is 0 Å². The van der Waals surface area contributed by atoms with E-state index in [-0.39, 0.29) is 6.42 Å². The molecule has 2 aromatic rings. The minimum Gasteiger partial charge on any atom is -0.481 e. The molecule has 0 aromatic heterocycles. The molecule has 0 saturated carbocycles. The monoisotopic (exact) mass is 292 g/mol. The zero-order valence-corrected chi connectivity index (χ0v) is 11.7. The maximum absolute atomic E-state index is 10.7. The molecule has 2 rings (SSSR count). The van der Waals surface area contributed by atoms with Gasteiger partial charge in [-0.05, 0) is 35.4 Å². The van der Waals surface area contributed by atoms with Crippen molar-refractivity contribution in [1.29, 1.82) is 0 Å². The Kier molecular flexibility index (Phi) is 4.88. The lowest BCUT2D eigenvalue weighted by atomic mass is 10.2. The van der Waals surface area contributed by atoms with E-state index in [1.807, 2.05) is 48.5 Å². The van der Waals surface area contributed by atoms with Crippen molar-refractivity contribution in [3.63, 3.8) is 0 Å². The summed E-state index contributed by atoms with van der Waals surface area (Å²) in [6.07, 6.45) is 0.0551. The van der Waals surface area contributed by atoms with Crippen molar-refractivity contribution in [2.45, 2.75) is 22.1 Å². The van der Waals surface area contributed by atoms with Crippen molar-refractivity contribution in [3.05, 3.63) is 59.7 Å². The molecular weight excluding hydrogens is 280 g/mol. The topological polar surface area (TPSA) is 37.3 Å². The van der Waals surface area contributed by atoms with Gasteiger partial charge in [-0.15, -0.1) is 11.6 Å². The summed E-state index contributed by atoms with van der Waals surface area (Å²) in [5.41, 5.74) is 1.90. The van der Waals surface area contributed by atoms with Crippen molar-refractivity contribution in [1.82, 2.24) is 0 Å². The Morgan fingerprint density at radius 3 is 2.42 bits per heavy atom. The summed E-state index contributed by atoms with van der Waals surface area (Å²) in [5.74, 6) is -0.299. The maximum Gasteiger partial charge on any atom is 0.307 e. The highest BCUT2D eigenvalue weighted by Gasteiger charge is 2.03. The van der Waals surface area contributed by atoms with E-state index in [4.69, 9.17) is 16.7 Å². The highest BCUT2D eigenvalue weighted by Crippen LogP contribution is 2.28. The number of halogens is 1. The smallest absolute Gasteiger partial charge is 0.307 e. The average molecular weight is 293 g/mol. The van der Waals surface area contributed by atoms with E-state index >= 15 is 0 Å². The van der Waals surface area contributed by atoms with Crippen LogP contribution in [0, 0.1) is 0 Å². The Morgan fingerprint density at radius 2 is 1.79 bits per heavy atom. The molecule has 0 fully saturated rings. The first-order valence-electron chi connectivity index (χ1n) is 5.81. The van der Waals surface area contributed by atoms with Gasteiger partial charge in [-0.2, -0.15) is 0 Å². The summed E-state index contributed by atoms with van der Waals surface area (Å²) < 4.78 is 0. The quantitative estimate of drug-likeness (QED) is 0.839. The lowest BCUT2D eigenvalue weighted by molar-refractivity contribution is -0.136. The molecule has 0 saturated heterocycles. The number of hydrogen-bond donors (Lipinski definition) is 1. The lowest BCUT2D eigenvalue weighted by Crippen LogP contribution is -1.99. The van der Waals surface area contributed by atoms with Crippen LogP contribution in [0.1, 0.15) is 11.1 Å². The van der Waals surface area contributed by atoms with Crippen LogP contribution in [0.2, 0.25) is 0 Å². The van der Waals surface area contributed by atoms with Crippen molar-refractivity contribution < 1.29 is 9.90 Å². The molecule has 0 amide bonds. The van der Waals surface area contributed by atoms with E-state index in [0.29, 0.717) is 5.88 Å². The van der Waals surface area contributed by atoms with E-state index in [9.17, 15) is 4.79 Å². The Balaban J connectivity index is 2.11. The maximum atomic E-state index is 10.7. The summed E-state index contributed by atoms with van der Waals surface area (Å²) in [4.78, 5) is 12.8. The number of benzene rings is 2. The van der Waals surface area contributed by atoms with E-state index in [1.54, 1.807) is 11.8 Å². The Labute approximate surface area is 121 Å². The van der Waals surface area contributed by atoms with Crippen LogP contribution < -0.4 is 0 Å². The average Bonchev–Trinajstić information content (AvgIpc) is 2.39. The van der Waals surface area contributed by atoms with Gasteiger partial charge in [0, 0.05) is 15.7 Å². The van der Waals surface area contributed by atoms with Crippen LogP contribution in [0.4, 0.5) is 0 Å². The third-order valence-corrected chi connectivity index (χ3v) is 3.87. The van der Waals surface area contributed by atoms with E-state index in [0.717, 1.165) is 20.9 Å². The van der Waals surface area contributed by atoms with Crippen molar-refractivity contribution in [2.75, 3.05) is 0 Å².